The number of hydrogen-bond acceptors (Lipinski definition) is 5. The average molecular weight is 497 g/mol. The van der Waals surface area contributed by atoms with Crippen LogP contribution in [0.5, 0.6) is 11.6 Å². The topological polar surface area (TPSA) is 77.0 Å². The summed E-state index contributed by atoms with van der Waals surface area (Å²) in [4.78, 5) is 24.4. The Balaban J connectivity index is 1.57. The number of pyridine rings is 1. The summed E-state index contributed by atoms with van der Waals surface area (Å²) in [5, 5.41) is 3.82. The number of anilines is 1. The number of fused-ring (bicyclic) bond motifs is 1. The zero-order chi connectivity index (χ0) is 25.1. The van der Waals surface area contributed by atoms with Crippen LogP contribution in [-0.2, 0) is 4.79 Å². The van der Waals surface area contributed by atoms with E-state index in [0.29, 0.717) is 27.4 Å². The fourth-order valence-corrected chi connectivity index (χ4v) is 3.95. The van der Waals surface area contributed by atoms with Crippen LogP contribution < -0.4 is 10.1 Å². The summed E-state index contributed by atoms with van der Waals surface area (Å²) in [6, 6.07) is 18.9. The molecule has 0 unspecified atom stereocenters. The van der Waals surface area contributed by atoms with Crippen molar-refractivity contribution in [3.63, 3.8) is 0 Å². The van der Waals surface area contributed by atoms with Crippen molar-refractivity contribution in [2.45, 2.75) is 0 Å². The van der Waals surface area contributed by atoms with Gasteiger partial charge in [0.1, 0.15) is 22.9 Å². The third kappa shape index (κ3) is 4.78. The van der Waals surface area contributed by atoms with Crippen molar-refractivity contribution in [1.29, 1.82) is 0 Å². The van der Waals surface area contributed by atoms with E-state index in [2.05, 4.69) is 26.8 Å². The Labute approximate surface area is 211 Å². The smallest absolute Gasteiger partial charge is 0.247 e. The molecule has 0 saturated heterocycles. The van der Waals surface area contributed by atoms with Crippen LogP contribution in [-0.4, -0.2) is 20.9 Å². The van der Waals surface area contributed by atoms with Gasteiger partial charge in [-0.1, -0.05) is 30.3 Å². The Kier molecular flexibility index (Phi) is 6.38. The number of ether oxygens (including phenoxy) is 1. The van der Waals surface area contributed by atoms with E-state index >= 15 is 4.39 Å². The molecule has 0 aliphatic heterocycles. The number of hydrogen-bond donors (Lipinski definition) is 1. The first-order valence-electron chi connectivity index (χ1n) is 10.9. The molecule has 6 nitrogen and oxygen atoms in total. The molecule has 8 heteroatoms. The quantitative estimate of drug-likeness (QED) is 0.254. The highest BCUT2D eigenvalue weighted by molar-refractivity contribution is 6.31. The third-order valence-electron chi connectivity index (χ3n) is 5.42. The van der Waals surface area contributed by atoms with Gasteiger partial charge >= 0.3 is 0 Å². The maximum Gasteiger partial charge on any atom is 0.247 e. The van der Waals surface area contributed by atoms with Crippen molar-refractivity contribution in [2.24, 2.45) is 0 Å². The second-order valence-electron chi connectivity index (χ2n) is 7.79. The van der Waals surface area contributed by atoms with E-state index in [4.69, 9.17) is 16.3 Å². The first kappa shape index (κ1) is 23.1. The Morgan fingerprint density at radius 3 is 2.69 bits per heavy atom. The lowest BCUT2D eigenvalue weighted by atomic mass is 9.95. The molecule has 3 aromatic carbocycles. The molecule has 2 aromatic heterocycles. The summed E-state index contributed by atoms with van der Waals surface area (Å²) in [6.45, 7) is 3.48. The van der Waals surface area contributed by atoms with E-state index in [1.165, 1.54) is 18.5 Å². The van der Waals surface area contributed by atoms with Crippen LogP contribution >= 0.6 is 11.6 Å². The Bertz CT molecular complexity index is 1620. The van der Waals surface area contributed by atoms with Gasteiger partial charge in [-0.15, -0.1) is 0 Å². The SMILES string of the molecule is C=CC(=O)Nc1cccc(-c2cc(-c3ccc(Oc4ncccc4Cl)cc3F)cc3cncnc23)c1. The number of amides is 1. The van der Waals surface area contributed by atoms with Crippen LogP contribution in [0.2, 0.25) is 5.02 Å². The minimum absolute atomic E-state index is 0.194. The van der Waals surface area contributed by atoms with Gasteiger partial charge in [0.2, 0.25) is 11.8 Å². The molecule has 0 aliphatic carbocycles. The van der Waals surface area contributed by atoms with Crippen LogP contribution in [0, 0.1) is 5.82 Å². The zero-order valence-corrected chi connectivity index (χ0v) is 19.5. The van der Waals surface area contributed by atoms with Crippen molar-refractivity contribution in [2.75, 3.05) is 5.32 Å². The number of aromatic nitrogens is 3. The predicted octanol–water partition coefficient (Wildman–Crippen LogP) is 7.07. The molecule has 1 N–H and O–H groups in total. The highest BCUT2D eigenvalue weighted by Crippen LogP contribution is 2.36. The Morgan fingerprint density at radius 1 is 1.00 bits per heavy atom. The molecule has 0 spiro atoms. The van der Waals surface area contributed by atoms with Gasteiger partial charge in [-0.05, 0) is 65.7 Å². The monoisotopic (exact) mass is 496 g/mol. The van der Waals surface area contributed by atoms with Gasteiger partial charge in [0.15, 0.2) is 0 Å². The molecule has 1 amide bonds. The molecule has 2 heterocycles. The number of carbonyl (C=O) groups excluding carboxylic acids is 1. The van der Waals surface area contributed by atoms with Crippen LogP contribution in [0.15, 0.2) is 98.1 Å². The first-order valence-corrected chi connectivity index (χ1v) is 11.3. The van der Waals surface area contributed by atoms with Gasteiger partial charge in [0, 0.05) is 40.7 Å². The normalized spacial score (nSPS) is 10.7. The number of halogens is 2. The molecule has 5 aromatic rings. The minimum Gasteiger partial charge on any atom is -0.437 e. The van der Waals surface area contributed by atoms with Gasteiger partial charge in [-0.3, -0.25) is 4.79 Å². The van der Waals surface area contributed by atoms with Crippen molar-refractivity contribution in [3.8, 4) is 33.9 Å². The number of rotatable bonds is 6. The average Bonchev–Trinajstić information content (AvgIpc) is 2.89. The summed E-state index contributed by atoms with van der Waals surface area (Å²) in [7, 11) is 0. The van der Waals surface area contributed by atoms with Crippen LogP contribution in [0.25, 0.3) is 33.2 Å². The van der Waals surface area contributed by atoms with Gasteiger partial charge in [0.05, 0.1) is 5.52 Å². The maximum absolute atomic E-state index is 15.3. The summed E-state index contributed by atoms with van der Waals surface area (Å²) < 4.78 is 21.0. The molecule has 176 valence electrons. The second kappa shape index (κ2) is 9.93. The fourth-order valence-electron chi connectivity index (χ4n) is 3.79. The molecular weight excluding hydrogens is 479 g/mol. The van der Waals surface area contributed by atoms with Gasteiger partial charge in [-0.2, -0.15) is 0 Å². The van der Waals surface area contributed by atoms with E-state index in [-0.39, 0.29) is 17.5 Å². The number of benzene rings is 3. The summed E-state index contributed by atoms with van der Waals surface area (Å²) in [5.74, 6) is -0.329. The largest absolute Gasteiger partial charge is 0.437 e. The lowest BCUT2D eigenvalue weighted by molar-refractivity contribution is -0.111. The molecule has 0 aliphatic rings. The fraction of sp³-hybridized carbons (Fsp3) is 0. The van der Waals surface area contributed by atoms with E-state index in [9.17, 15) is 4.79 Å². The van der Waals surface area contributed by atoms with Crippen LogP contribution in [0.1, 0.15) is 0 Å². The number of nitrogens with zero attached hydrogens (tertiary/aromatic N) is 3. The molecule has 5 rings (SSSR count). The number of carbonyl (C=O) groups is 1. The highest BCUT2D eigenvalue weighted by atomic mass is 35.5. The van der Waals surface area contributed by atoms with E-state index in [1.807, 2.05) is 30.3 Å². The lowest BCUT2D eigenvalue weighted by Gasteiger charge is -2.13. The third-order valence-corrected chi connectivity index (χ3v) is 5.71. The predicted molar refractivity (Wildman–Crippen MR) is 139 cm³/mol. The van der Waals surface area contributed by atoms with Gasteiger partial charge in [0.25, 0.3) is 0 Å². The lowest BCUT2D eigenvalue weighted by Crippen LogP contribution is -2.07. The Morgan fingerprint density at radius 2 is 1.89 bits per heavy atom. The summed E-state index contributed by atoms with van der Waals surface area (Å²) in [6.07, 6.45) is 5.89. The maximum atomic E-state index is 15.3. The molecule has 0 saturated carbocycles. The van der Waals surface area contributed by atoms with E-state index in [0.717, 1.165) is 16.5 Å². The van der Waals surface area contributed by atoms with Crippen molar-refractivity contribution in [3.05, 3.63) is 109 Å². The van der Waals surface area contributed by atoms with Crippen molar-refractivity contribution < 1.29 is 13.9 Å². The molecule has 0 bridgehead atoms. The van der Waals surface area contributed by atoms with E-state index < -0.39 is 5.82 Å². The molecule has 0 atom stereocenters. The molecule has 0 radical (unpaired) electrons. The Hall–Kier alpha value is -4.62. The molecule has 36 heavy (non-hydrogen) atoms. The van der Waals surface area contributed by atoms with Crippen molar-refractivity contribution >= 4 is 34.1 Å². The highest BCUT2D eigenvalue weighted by Gasteiger charge is 2.14. The second-order valence-corrected chi connectivity index (χ2v) is 8.20. The van der Waals surface area contributed by atoms with Crippen molar-refractivity contribution in [1.82, 2.24) is 15.0 Å². The summed E-state index contributed by atoms with van der Waals surface area (Å²) >= 11 is 6.10. The molecular formula is C28H18ClFN4O2. The minimum atomic E-state index is -0.478. The van der Waals surface area contributed by atoms with Gasteiger partial charge < -0.3 is 10.1 Å². The first-order chi connectivity index (χ1) is 17.5. The van der Waals surface area contributed by atoms with E-state index in [1.54, 1.807) is 42.7 Å². The summed E-state index contributed by atoms with van der Waals surface area (Å²) in [5.41, 5.74) is 3.87. The molecule has 0 fully saturated rings. The zero-order valence-electron chi connectivity index (χ0n) is 18.8. The van der Waals surface area contributed by atoms with Crippen LogP contribution in [0.4, 0.5) is 10.1 Å². The number of nitrogens with one attached hydrogen (secondary N) is 1. The van der Waals surface area contributed by atoms with Gasteiger partial charge in [-0.25, -0.2) is 19.3 Å². The standard InChI is InChI=1S/C28H18ClFN4O2/c1-2-26(35)34-20-6-3-5-17(12-20)23-13-18(11-19-15-31-16-33-27(19)23)22-9-8-21(14-25(22)30)36-28-24(29)7-4-10-32-28/h2-16H,1H2,(H,34,35). The van der Waals surface area contributed by atoms with Crippen LogP contribution in [0.3, 0.4) is 0 Å².